The Morgan fingerprint density at radius 3 is 1.16 bits per heavy atom. The van der Waals surface area contributed by atoms with Gasteiger partial charge in [-0.05, 0) is 96.5 Å². The average Bonchev–Trinajstić information content (AvgIpc) is 3.27. The fraction of sp³-hybridized carbons (Fsp3) is 0.0545. The van der Waals surface area contributed by atoms with Crippen molar-refractivity contribution >= 4 is 38.3 Å². The zero-order valence-electron chi connectivity index (χ0n) is 31.2. The number of hydrogen-bond acceptors (Lipinski definition) is 0. The molecule has 0 heteroatoms. The largest absolute Gasteiger partial charge is 0.0792 e. The summed E-state index contributed by atoms with van der Waals surface area (Å²) in [5.41, 5.74) is 12.8. The third-order valence-corrected chi connectivity index (χ3v) is 10.4. The predicted molar refractivity (Wildman–Crippen MR) is 238 cm³/mol. The Labute approximate surface area is 325 Å². The van der Waals surface area contributed by atoms with Crippen LogP contribution in [0.2, 0.25) is 0 Å². The van der Waals surface area contributed by atoms with Gasteiger partial charge < -0.3 is 0 Å². The summed E-state index contributed by atoms with van der Waals surface area (Å²) in [6.07, 6.45) is 12.7. The molecule has 1 atom stereocenters. The fourth-order valence-electron chi connectivity index (χ4n) is 7.85. The van der Waals surface area contributed by atoms with Gasteiger partial charge in [0.25, 0.3) is 0 Å². The van der Waals surface area contributed by atoms with Crippen LogP contribution in [0, 0.1) is 5.92 Å². The Morgan fingerprint density at radius 1 is 0.418 bits per heavy atom. The minimum atomic E-state index is 0.334. The van der Waals surface area contributed by atoms with Crippen molar-refractivity contribution < 1.29 is 0 Å². The molecule has 9 rings (SSSR count). The van der Waals surface area contributed by atoms with Crippen LogP contribution in [0.4, 0.5) is 0 Å². The van der Waals surface area contributed by atoms with Crippen LogP contribution < -0.4 is 0 Å². The van der Waals surface area contributed by atoms with E-state index in [-0.39, 0.29) is 0 Å². The van der Waals surface area contributed by atoms with Crippen molar-refractivity contribution in [1.29, 1.82) is 0 Å². The molecule has 0 fully saturated rings. The van der Waals surface area contributed by atoms with Crippen LogP contribution in [-0.4, -0.2) is 0 Å². The van der Waals surface area contributed by atoms with Crippen LogP contribution >= 0.6 is 0 Å². The second kappa shape index (κ2) is 16.9. The summed E-state index contributed by atoms with van der Waals surface area (Å²) >= 11 is 0. The number of allylic oxidation sites excluding steroid dienone is 6. The predicted octanol–water partition coefficient (Wildman–Crippen LogP) is 14.9. The molecule has 0 amide bonds. The van der Waals surface area contributed by atoms with E-state index in [0.29, 0.717) is 5.92 Å². The Bertz CT molecular complexity index is 2490. The SMILES string of the molecule is C1=CC(C=C(c2ccccc2)c2ccccc2)CC=C1c1c2ccccc2c(-c2ccccc2)c2ccccc12.CC=C(c1ccccc1)c1ccccc1. The van der Waals surface area contributed by atoms with E-state index >= 15 is 0 Å². The molecule has 0 bridgehead atoms. The van der Waals surface area contributed by atoms with Crippen LogP contribution in [0.15, 0.2) is 231 Å². The van der Waals surface area contributed by atoms with Crippen LogP contribution in [0.1, 0.15) is 41.2 Å². The van der Waals surface area contributed by atoms with Gasteiger partial charge >= 0.3 is 0 Å². The van der Waals surface area contributed by atoms with Crippen LogP contribution in [0.5, 0.6) is 0 Å². The van der Waals surface area contributed by atoms with Crippen LogP contribution in [-0.2, 0) is 0 Å². The summed E-state index contributed by atoms with van der Waals surface area (Å²) in [5, 5.41) is 5.21. The summed E-state index contributed by atoms with van der Waals surface area (Å²) in [7, 11) is 0. The molecule has 1 aliphatic carbocycles. The molecule has 0 spiro atoms. The third kappa shape index (κ3) is 7.81. The Kier molecular flexibility index (Phi) is 10.9. The molecule has 264 valence electrons. The molecular weight excluding hydrogens is 661 g/mol. The van der Waals surface area contributed by atoms with Gasteiger partial charge in [0.2, 0.25) is 0 Å². The summed E-state index contributed by atoms with van der Waals surface area (Å²) in [6, 6.07) is 71.0. The van der Waals surface area contributed by atoms with E-state index in [2.05, 4.69) is 225 Å². The molecule has 1 aliphatic rings. The Hall–Kier alpha value is -6.76. The first-order valence-corrected chi connectivity index (χ1v) is 19.3. The van der Waals surface area contributed by atoms with Gasteiger partial charge in [-0.3, -0.25) is 0 Å². The summed E-state index contributed by atoms with van der Waals surface area (Å²) in [4.78, 5) is 0. The van der Waals surface area contributed by atoms with Gasteiger partial charge in [-0.25, -0.2) is 0 Å². The average molecular weight is 705 g/mol. The molecule has 0 saturated heterocycles. The highest BCUT2D eigenvalue weighted by Crippen LogP contribution is 2.43. The smallest absolute Gasteiger partial charge is 0.000588 e. The second-order valence-corrected chi connectivity index (χ2v) is 13.9. The van der Waals surface area contributed by atoms with E-state index in [1.165, 1.54) is 77.2 Å². The molecule has 8 aromatic carbocycles. The van der Waals surface area contributed by atoms with E-state index in [0.717, 1.165) is 6.42 Å². The number of fused-ring (bicyclic) bond motifs is 2. The molecule has 0 aliphatic heterocycles. The zero-order valence-corrected chi connectivity index (χ0v) is 31.2. The molecule has 55 heavy (non-hydrogen) atoms. The molecule has 1 unspecified atom stereocenters. The number of rotatable bonds is 7. The molecule has 0 aromatic heterocycles. The van der Waals surface area contributed by atoms with Gasteiger partial charge in [0.05, 0.1) is 0 Å². The zero-order chi connectivity index (χ0) is 37.2. The first-order chi connectivity index (χ1) is 27.3. The maximum atomic E-state index is 2.44. The van der Waals surface area contributed by atoms with Gasteiger partial charge in [-0.1, -0.05) is 231 Å². The van der Waals surface area contributed by atoms with E-state index < -0.39 is 0 Å². The first kappa shape index (κ1) is 35.3. The molecule has 8 aromatic rings. The van der Waals surface area contributed by atoms with Crippen molar-refractivity contribution in [3.05, 3.63) is 258 Å². The van der Waals surface area contributed by atoms with Gasteiger partial charge in [-0.15, -0.1) is 0 Å². The lowest BCUT2D eigenvalue weighted by molar-refractivity contribution is 0.827. The molecular formula is C55H44. The fourth-order valence-corrected chi connectivity index (χ4v) is 7.85. The topological polar surface area (TPSA) is 0 Å². The van der Waals surface area contributed by atoms with E-state index in [1.54, 1.807) is 0 Å². The molecule has 0 heterocycles. The van der Waals surface area contributed by atoms with Gasteiger partial charge in [-0.2, -0.15) is 0 Å². The second-order valence-electron chi connectivity index (χ2n) is 13.9. The normalized spacial score (nSPS) is 13.3. The monoisotopic (exact) mass is 704 g/mol. The quantitative estimate of drug-likeness (QED) is 0.145. The number of benzene rings is 8. The maximum absolute atomic E-state index is 2.44. The lowest BCUT2D eigenvalue weighted by atomic mass is 9.83. The minimum Gasteiger partial charge on any atom is -0.0792 e. The third-order valence-electron chi connectivity index (χ3n) is 10.4. The molecule has 0 nitrogen and oxygen atoms in total. The minimum absolute atomic E-state index is 0.334. The maximum Gasteiger partial charge on any atom is -0.000588 e. The van der Waals surface area contributed by atoms with Crippen LogP contribution in [0.25, 0.3) is 49.4 Å². The van der Waals surface area contributed by atoms with Gasteiger partial charge in [0, 0.05) is 0 Å². The van der Waals surface area contributed by atoms with Gasteiger partial charge in [0.1, 0.15) is 0 Å². The molecule has 0 N–H and O–H groups in total. The van der Waals surface area contributed by atoms with Crippen molar-refractivity contribution in [3.8, 4) is 11.1 Å². The van der Waals surface area contributed by atoms with E-state index in [1.807, 2.05) is 12.1 Å². The Morgan fingerprint density at radius 2 is 0.782 bits per heavy atom. The highest BCUT2D eigenvalue weighted by molar-refractivity contribution is 6.19. The summed E-state index contributed by atoms with van der Waals surface area (Å²) in [6.45, 7) is 2.08. The van der Waals surface area contributed by atoms with Crippen molar-refractivity contribution in [1.82, 2.24) is 0 Å². The summed E-state index contributed by atoms with van der Waals surface area (Å²) in [5.74, 6) is 0.334. The highest BCUT2D eigenvalue weighted by atomic mass is 14.2. The van der Waals surface area contributed by atoms with Crippen molar-refractivity contribution in [2.75, 3.05) is 0 Å². The lowest BCUT2D eigenvalue weighted by Gasteiger charge is -2.21. The van der Waals surface area contributed by atoms with Crippen molar-refractivity contribution in [2.45, 2.75) is 13.3 Å². The summed E-state index contributed by atoms with van der Waals surface area (Å²) < 4.78 is 0. The molecule has 0 saturated carbocycles. The first-order valence-electron chi connectivity index (χ1n) is 19.3. The standard InChI is InChI=1S/C40H30.C15H14/c1-4-14-30(15-5-1)38(31-16-6-2-7-17-31)28-29-24-26-33(27-25-29)40-36-22-12-10-20-34(36)39(32-18-8-3-9-19-32)35-21-11-13-23-37(35)40;1-2-15(13-9-5-3-6-10-13)14-11-7-4-8-12-14/h1-24,26-29H,25H2;2-12H,1H3. The van der Waals surface area contributed by atoms with E-state index in [9.17, 15) is 0 Å². The van der Waals surface area contributed by atoms with Crippen molar-refractivity contribution in [2.24, 2.45) is 5.92 Å². The Balaban J connectivity index is 0.000000239. The van der Waals surface area contributed by atoms with E-state index in [4.69, 9.17) is 0 Å². The lowest BCUT2D eigenvalue weighted by Crippen LogP contribution is -2.00. The highest BCUT2D eigenvalue weighted by Gasteiger charge is 2.19. The van der Waals surface area contributed by atoms with Crippen LogP contribution in [0.3, 0.4) is 0 Å². The van der Waals surface area contributed by atoms with Crippen molar-refractivity contribution in [3.63, 3.8) is 0 Å². The number of hydrogen-bond donors (Lipinski definition) is 0. The van der Waals surface area contributed by atoms with Gasteiger partial charge in [0.15, 0.2) is 0 Å². The molecule has 0 radical (unpaired) electrons.